The molecule has 0 aliphatic rings. The average molecular weight is 277 g/mol. The molecule has 5 heteroatoms. The second-order valence-electron chi connectivity index (χ2n) is 4.66. The summed E-state index contributed by atoms with van der Waals surface area (Å²) in [6.45, 7) is 4.31. The van der Waals surface area contributed by atoms with Crippen molar-refractivity contribution >= 4 is 17.4 Å². The summed E-state index contributed by atoms with van der Waals surface area (Å²) in [5, 5.41) is 4.56. The van der Waals surface area contributed by atoms with Crippen LogP contribution in [0, 0.1) is 0 Å². The Bertz CT molecular complexity index is 525. The minimum Gasteiger partial charge on any atom is -0.399 e. The third-order valence-electron chi connectivity index (χ3n) is 2.72. The van der Waals surface area contributed by atoms with Gasteiger partial charge in [0.25, 0.3) is 0 Å². The van der Waals surface area contributed by atoms with Gasteiger partial charge < -0.3 is 10.3 Å². The first-order chi connectivity index (χ1) is 9.15. The van der Waals surface area contributed by atoms with Crippen LogP contribution in [-0.4, -0.2) is 15.4 Å². The topological polar surface area (TPSA) is 64.9 Å². The summed E-state index contributed by atoms with van der Waals surface area (Å²) >= 11 is 1.81. The molecule has 0 bridgehead atoms. The molecule has 2 rings (SSSR count). The average Bonchev–Trinajstić information content (AvgIpc) is 2.83. The maximum absolute atomic E-state index is 5.90. The number of aromatic nitrogens is 2. The van der Waals surface area contributed by atoms with Crippen LogP contribution in [0.1, 0.15) is 31.1 Å². The molecule has 2 aromatic rings. The van der Waals surface area contributed by atoms with Gasteiger partial charge in [0, 0.05) is 12.1 Å². The lowest BCUT2D eigenvalue weighted by atomic mass is 10.1. The van der Waals surface area contributed by atoms with Gasteiger partial charge in [-0.15, -0.1) is 0 Å². The highest BCUT2D eigenvalue weighted by Gasteiger charge is 2.08. The van der Waals surface area contributed by atoms with Gasteiger partial charge in [0.2, 0.25) is 5.89 Å². The summed E-state index contributed by atoms with van der Waals surface area (Å²) < 4.78 is 5.24. The number of nitrogens with zero attached hydrogens (tertiary/aromatic N) is 2. The number of benzene rings is 1. The van der Waals surface area contributed by atoms with Gasteiger partial charge >= 0.3 is 0 Å². The molecule has 0 atom stereocenters. The molecule has 0 unspecified atom stereocenters. The van der Waals surface area contributed by atoms with Gasteiger partial charge in [-0.3, -0.25) is 0 Å². The molecule has 19 heavy (non-hydrogen) atoms. The molecule has 1 aromatic heterocycles. The summed E-state index contributed by atoms with van der Waals surface area (Å²) in [5.74, 6) is 2.26. The van der Waals surface area contributed by atoms with Crippen LogP contribution in [0.15, 0.2) is 28.8 Å². The number of hydrogen-bond acceptors (Lipinski definition) is 5. The van der Waals surface area contributed by atoms with E-state index in [2.05, 4.69) is 24.0 Å². The monoisotopic (exact) mass is 277 g/mol. The van der Waals surface area contributed by atoms with E-state index in [1.165, 1.54) is 0 Å². The zero-order valence-corrected chi connectivity index (χ0v) is 12.1. The highest BCUT2D eigenvalue weighted by atomic mass is 32.2. The van der Waals surface area contributed by atoms with Crippen LogP contribution in [-0.2, 0) is 18.6 Å². The number of anilines is 1. The third-order valence-corrected chi connectivity index (χ3v) is 3.81. The van der Waals surface area contributed by atoms with Crippen LogP contribution in [0.5, 0.6) is 0 Å². The van der Waals surface area contributed by atoms with E-state index >= 15 is 0 Å². The molecule has 0 aliphatic carbocycles. The smallest absolute Gasteiger partial charge is 0.227 e. The number of rotatable bonds is 6. The summed E-state index contributed by atoms with van der Waals surface area (Å²) in [5.41, 5.74) is 7.84. The Labute approximate surface area is 117 Å². The van der Waals surface area contributed by atoms with E-state index in [1.54, 1.807) is 0 Å². The Hall–Kier alpha value is -1.49. The fourth-order valence-corrected chi connectivity index (χ4v) is 2.29. The Morgan fingerprint density at radius 3 is 2.79 bits per heavy atom. The Morgan fingerprint density at radius 1 is 1.26 bits per heavy atom. The lowest BCUT2D eigenvalue weighted by molar-refractivity contribution is 0.374. The number of hydrogen-bond donors (Lipinski definition) is 1. The third kappa shape index (κ3) is 4.28. The Kier molecular flexibility index (Phi) is 4.85. The predicted octanol–water partition coefficient (Wildman–Crippen LogP) is 3.08. The van der Waals surface area contributed by atoms with E-state index in [-0.39, 0.29) is 0 Å². The minimum absolute atomic E-state index is 0.575. The van der Waals surface area contributed by atoms with E-state index in [0.29, 0.717) is 11.1 Å². The zero-order chi connectivity index (χ0) is 13.7. The first-order valence-corrected chi connectivity index (χ1v) is 7.46. The molecule has 0 saturated heterocycles. The Morgan fingerprint density at radius 2 is 2.05 bits per heavy atom. The van der Waals surface area contributed by atoms with E-state index in [0.717, 1.165) is 35.7 Å². The molecular weight excluding hydrogens is 258 g/mol. The standard InChI is InChI=1S/C14H19N3OS/c1-10(2)19-9-13-16-14(18-17-13)8-7-11-5-3-4-6-12(11)15/h3-6,10H,7-9,15H2,1-2H3. The number of thioether (sulfide) groups is 1. The maximum Gasteiger partial charge on any atom is 0.227 e. The fraction of sp³-hybridized carbons (Fsp3) is 0.429. The molecule has 4 nitrogen and oxygen atoms in total. The lowest BCUT2D eigenvalue weighted by Crippen LogP contribution is -1.97. The van der Waals surface area contributed by atoms with Crippen molar-refractivity contribution in [2.24, 2.45) is 0 Å². The first-order valence-electron chi connectivity index (χ1n) is 6.41. The predicted molar refractivity (Wildman–Crippen MR) is 79.0 cm³/mol. The van der Waals surface area contributed by atoms with Crippen molar-refractivity contribution in [1.29, 1.82) is 0 Å². The van der Waals surface area contributed by atoms with Gasteiger partial charge in [-0.2, -0.15) is 16.7 Å². The van der Waals surface area contributed by atoms with E-state index in [9.17, 15) is 0 Å². The van der Waals surface area contributed by atoms with Crippen LogP contribution in [0.2, 0.25) is 0 Å². The molecule has 1 heterocycles. The first kappa shape index (κ1) is 13.9. The molecule has 102 valence electrons. The van der Waals surface area contributed by atoms with Crippen molar-refractivity contribution in [3.63, 3.8) is 0 Å². The van der Waals surface area contributed by atoms with Crippen molar-refractivity contribution in [2.75, 3.05) is 5.73 Å². The zero-order valence-electron chi connectivity index (χ0n) is 11.3. The number of aryl methyl sites for hydroxylation is 2. The van der Waals surface area contributed by atoms with Gasteiger partial charge in [0.05, 0.1) is 5.75 Å². The van der Waals surface area contributed by atoms with Gasteiger partial charge in [0.1, 0.15) is 0 Å². The number of para-hydroxylation sites is 1. The van der Waals surface area contributed by atoms with Gasteiger partial charge in [0.15, 0.2) is 5.82 Å². The van der Waals surface area contributed by atoms with Crippen molar-refractivity contribution in [1.82, 2.24) is 10.1 Å². The quantitative estimate of drug-likeness (QED) is 0.822. The second-order valence-corrected chi connectivity index (χ2v) is 6.23. The van der Waals surface area contributed by atoms with E-state index in [4.69, 9.17) is 10.3 Å². The molecular formula is C14H19N3OS. The van der Waals surface area contributed by atoms with Gasteiger partial charge in [-0.05, 0) is 23.3 Å². The van der Waals surface area contributed by atoms with Crippen molar-refractivity contribution < 1.29 is 4.52 Å². The molecule has 0 aliphatic heterocycles. The van der Waals surface area contributed by atoms with Crippen molar-refractivity contribution in [3.05, 3.63) is 41.5 Å². The molecule has 0 radical (unpaired) electrons. The van der Waals surface area contributed by atoms with Crippen LogP contribution in [0.25, 0.3) is 0 Å². The SMILES string of the molecule is CC(C)SCc1noc(CCc2ccccc2N)n1. The van der Waals surface area contributed by atoms with Crippen LogP contribution < -0.4 is 5.73 Å². The number of nitrogens with two attached hydrogens (primary N) is 1. The summed E-state index contributed by atoms with van der Waals surface area (Å²) in [4.78, 5) is 4.39. The molecule has 2 N–H and O–H groups in total. The minimum atomic E-state index is 0.575. The van der Waals surface area contributed by atoms with Gasteiger partial charge in [-0.1, -0.05) is 37.2 Å². The summed E-state index contributed by atoms with van der Waals surface area (Å²) in [6.07, 6.45) is 1.55. The highest BCUT2D eigenvalue weighted by molar-refractivity contribution is 7.99. The second kappa shape index (κ2) is 6.61. The van der Waals surface area contributed by atoms with E-state index in [1.807, 2.05) is 36.0 Å². The van der Waals surface area contributed by atoms with Crippen molar-refractivity contribution in [3.8, 4) is 0 Å². The molecule has 0 saturated carbocycles. The highest BCUT2D eigenvalue weighted by Crippen LogP contribution is 2.16. The van der Waals surface area contributed by atoms with E-state index < -0.39 is 0 Å². The molecule has 1 aromatic carbocycles. The largest absolute Gasteiger partial charge is 0.399 e. The van der Waals surface area contributed by atoms with Gasteiger partial charge in [-0.25, -0.2) is 0 Å². The molecule has 0 amide bonds. The fourth-order valence-electron chi connectivity index (χ4n) is 1.69. The van der Waals surface area contributed by atoms with Crippen molar-refractivity contribution in [2.45, 2.75) is 37.7 Å². The lowest BCUT2D eigenvalue weighted by Gasteiger charge is -2.02. The Balaban J connectivity index is 1.88. The summed E-state index contributed by atoms with van der Waals surface area (Å²) in [7, 11) is 0. The van der Waals surface area contributed by atoms with Crippen LogP contribution >= 0.6 is 11.8 Å². The van der Waals surface area contributed by atoms with Crippen LogP contribution in [0.4, 0.5) is 5.69 Å². The molecule has 0 spiro atoms. The maximum atomic E-state index is 5.90. The molecule has 0 fully saturated rings. The number of nitrogen functional groups attached to an aromatic ring is 1. The summed E-state index contributed by atoms with van der Waals surface area (Å²) in [6, 6.07) is 7.87. The van der Waals surface area contributed by atoms with Crippen LogP contribution in [0.3, 0.4) is 0 Å². The normalized spacial score (nSPS) is 11.1.